The summed E-state index contributed by atoms with van der Waals surface area (Å²) < 4.78 is 16.9. The Morgan fingerprint density at radius 1 is 1.09 bits per heavy atom. The number of nitrogens with two attached hydrogens (primary N) is 1. The fraction of sp³-hybridized carbons (Fsp3) is 0.231. The summed E-state index contributed by atoms with van der Waals surface area (Å²) in [5, 5.41) is 0.0739. The standard InChI is InChI=1S/C26H21ClN2O6/c1-12-9-15-19(14(10-16(29-15)25(28)32)13-7-5-4-6-8-13)23(30)26(12)24(31)20-17(33-2)11-18(34-3)21(27)22(20)35-26/h4-8,10-12H,9H2,1-3H3,(H2,28,32)/t12-,26+/m1/s1. The van der Waals surface area contributed by atoms with Crippen molar-refractivity contribution in [3.63, 3.8) is 0 Å². The summed E-state index contributed by atoms with van der Waals surface area (Å²) in [6, 6.07) is 12.0. The van der Waals surface area contributed by atoms with Gasteiger partial charge in [-0.25, -0.2) is 4.98 Å². The zero-order chi connectivity index (χ0) is 25.1. The number of nitrogens with zero attached hydrogens (tertiary/aromatic N) is 1. The number of carbonyl (C=O) groups is 3. The quantitative estimate of drug-likeness (QED) is 0.548. The lowest BCUT2D eigenvalue weighted by Gasteiger charge is -2.37. The topological polar surface area (TPSA) is 118 Å². The highest BCUT2D eigenvalue weighted by molar-refractivity contribution is 6.36. The monoisotopic (exact) mass is 492 g/mol. The molecule has 9 heteroatoms. The molecule has 1 aliphatic carbocycles. The van der Waals surface area contributed by atoms with Gasteiger partial charge in [-0.1, -0.05) is 48.9 Å². The van der Waals surface area contributed by atoms with Crippen molar-refractivity contribution in [3.8, 4) is 28.4 Å². The number of carbonyl (C=O) groups excluding carboxylic acids is 3. The van der Waals surface area contributed by atoms with E-state index >= 15 is 0 Å². The fourth-order valence-electron chi connectivity index (χ4n) is 4.89. The highest BCUT2D eigenvalue weighted by atomic mass is 35.5. The van der Waals surface area contributed by atoms with Gasteiger partial charge in [0.25, 0.3) is 5.91 Å². The number of fused-ring (bicyclic) bond motifs is 2. The van der Waals surface area contributed by atoms with E-state index in [-0.39, 0.29) is 45.5 Å². The van der Waals surface area contributed by atoms with Gasteiger partial charge >= 0.3 is 0 Å². The summed E-state index contributed by atoms with van der Waals surface area (Å²) in [6.07, 6.45) is 0.193. The first kappa shape index (κ1) is 22.9. The Hall–Kier alpha value is -3.91. The minimum Gasteiger partial charge on any atom is -0.496 e. The predicted octanol–water partition coefficient (Wildman–Crippen LogP) is 3.91. The molecule has 1 spiro atoms. The molecule has 1 amide bonds. The van der Waals surface area contributed by atoms with Crippen LogP contribution in [0.5, 0.6) is 17.2 Å². The van der Waals surface area contributed by atoms with Gasteiger partial charge in [0.2, 0.25) is 17.2 Å². The van der Waals surface area contributed by atoms with Gasteiger partial charge in [-0.15, -0.1) is 0 Å². The lowest BCUT2D eigenvalue weighted by atomic mass is 9.69. The molecule has 0 bridgehead atoms. The van der Waals surface area contributed by atoms with E-state index < -0.39 is 29.0 Å². The molecule has 2 atom stereocenters. The highest BCUT2D eigenvalue weighted by Gasteiger charge is 2.62. The van der Waals surface area contributed by atoms with Crippen LogP contribution in [0.15, 0.2) is 42.5 Å². The van der Waals surface area contributed by atoms with E-state index in [0.717, 1.165) is 0 Å². The average molecular weight is 493 g/mol. The Morgan fingerprint density at radius 2 is 1.74 bits per heavy atom. The first-order valence-electron chi connectivity index (χ1n) is 10.9. The Morgan fingerprint density at radius 3 is 2.37 bits per heavy atom. The summed E-state index contributed by atoms with van der Waals surface area (Å²) in [5.41, 5.74) is 5.49. The zero-order valence-electron chi connectivity index (χ0n) is 19.2. The summed E-state index contributed by atoms with van der Waals surface area (Å²) in [4.78, 5) is 44.6. The minimum atomic E-state index is -1.88. The smallest absolute Gasteiger partial charge is 0.267 e. The van der Waals surface area contributed by atoms with E-state index in [1.165, 1.54) is 26.4 Å². The Labute approximate surface area is 206 Å². The number of ketones is 2. The Bertz CT molecular complexity index is 1420. The van der Waals surface area contributed by atoms with Crippen molar-refractivity contribution in [2.75, 3.05) is 14.2 Å². The van der Waals surface area contributed by atoms with E-state index in [0.29, 0.717) is 16.8 Å². The maximum Gasteiger partial charge on any atom is 0.267 e. The van der Waals surface area contributed by atoms with E-state index in [1.807, 2.05) is 18.2 Å². The van der Waals surface area contributed by atoms with Gasteiger partial charge in [0.05, 0.1) is 25.5 Å². The lowest BCUT2D eigenvalue weighted by molar-refractivity contribution is 0.0257. The predicted molar refractivity (Wildman–Crippen MR) is 128 cm³/mol. The molecule has 8 nitrogen and oxygen atoms in total. The summed E-state index contributed by atoms with van der Waals surface area (Å²) in [6.45, 7) is 1.73. The SMILES string of the molecule is COc1cc(OC)c2c(c1Cl)O[C@@]1(C(=O)c3c(-c4ccccc4)cc(C(N)=O)nc3C[C@H]1C)C2=O. The third kappa shape index (κ3) is 3.13. The molecule has 0 saturated carbocycles. The van der Waals surface area contributed by atoms with Crippen molar-refractivity contribution >= 4 is 29.1 Å². The second kappa shape index (κ2) is 8.09. The Balaban J connectivity index is 1.75. The van der Waals surface area contributed by atoms with Crippen molar-refractivity contribution in [2.24, 2.45) is 11.7 Å². The molecule has 0 radical (unpaired) electrons. The number of rotatable bonds is 4. The third-order valence-corrected chi connectivity index (χ3v) is 6.97. The normalized spacial score (nSPS) is 20.3. The largest absolute Gasteiger partial charge is 0.496 e. The van der Waals surface area contributed by atoms with Crippen LogP contribution in [0.1, 0.15) is 43.8 Å². The summed E-state index contributed by atoms with van der Waals surface area (Å²) in [5.74, 6) is -1.97. The van der Waals surface area contributed by atoms with Crippen LogP contribution in [0.25, 0.3) is 11.1 Å². The molecule has 1 aliphatic heterocycles. The van der Waals surface area contributed by atoms with E-state index in [4.69, 9.17) is 31.5 Å². The van der Waals surface area contributed by atoms with Crippen LogP contribution in [0.3, 0.4) is 0 Å². The maximum atomic E-state index is 14.3. The number of primary amides is 1. The lowest BCUT2D eigenvalue weighted by Crippen LogP contribution is -2.57. The van der Waals surface area contributed by atoms with Crippen molar-refractivity contribution in [2.45, 2.75) is 18.9 Å². The second-order valence-corrected chi connectivity index (χ2v) is 8.89. The number of pyridine rings is 1. The van der Waals surface area contributed by atoms with Gasteiger partial charge in [0.15, 0.2) is 5.75 Å². The van der Waals surface area contributed by atoms with Gasteiger partial charge in [0, 0.05) is 12.0 Å². The Kier molecular flexibility index (Phi) is 5.29. The van der Waals surface area contributed by atoms with Crippen LogP contribution in [0, 0.1) is 5.92 Å². The minimum absolute atomic E-state index is 0.0370. The zero-order valence-corrected chi connectivity index (χ0v) is 19.9. The number of amides is 1. The number of hydrogen-bond acceptors (Lipinski definition) is 7. The molecule has 2 aromatic carbocycles. The molecular weight excluding hydrogens is 472 g/mol. The van der Waals surface area contributed by atoms with Crippen LogP contribution >= 0.6 is 11.6 Å². The van der Waals surface area contributed by atoms with Crippen LogP contribution in [0.4, 0.5) is 0 Å². The molecule has 178 valence electrons. The van der Waals surface area contributed by atoms with Crippen LogP contribution in [-0.4, -0.2) is 42.3 Å². The van der Waals surface area contributed by atoms with Gasteiger partial charge in [-0.3, -0.25) is 14.4 Å². The van der Waals surface area contributed by atoms with Gasteiger partial charge in [-0.05, 0) is 23.6 Å². The number of ether oxygens (including phenoxy) is 3. The number of hydrogen-bond donors (Lipinski definition) is 1. The molecule has 1 aromatic heterocycles. The number of Topliss-reactive ketones (excluding diaryl/α,β-unsaturated/α-hetero) is 2. The number of benzene rings is 2. The van der Waals surface area contributed by atoms with E-state index in [2.05, 4.69) is 4.98 Å². The van der Waals surface area contributed by atoms with Crippen LogP contribution in [0.2, 0.25) is 5.02 Å². The van der Waals surface area contributed by atoms with Crippen molar-refractivity contribution in [1.29, 1.82) is 0 Å². The van der Waals surface area contributed by atoms with Crippen LogP contribution in [-0.2, 0) is 6.42 Å². The van der Waals surface area contributed by atoms with Crippen molar-refractivity contribution in [1.82, 2.24) is 4.98 Å². The molecule has 3 aromatic rings. The van der Waals surface area contributed by atoms with Gasteiger partial charge < -0.3 is 19.9 Å². The fourth-order valence-corrected chi connectivity index (χ4v) is 5.15. The van der Waals surface area contributed by atoms with Gasteiger partial charge in [-0.2, -0.15) is 0 Å². The maximum absolute atomic E-state index is 14.3. The average Bonchev–Trinajstić information content (AvgIpc) is 3.17. The molecule has 35 heavy (non-hydrogen) atoms. The molecule has 0 fully saturated rings. The third-order valence-electron chi connectivity index (χ3n) is 6.61. The second-order valence-electron chi connectivity index (χ2n) is 8.51. The molecule has 2 aliphatic rings. The summed E-state index contributed by atoms with van der Waals surface area (Å²) >= 11 is 6.50. The molecule has 2 N–H and O–H groups in total. The highest BCUT2D eigenvalue weighted by Crippen LogP contribution is 2.54. The van der Waals surface area contributed by atoms with E-state index in [9.17, 15) is 14.4 Å². The first-order valence-corrected chi connectivity index (χ1v) is 11.2. The molecule has 0 unspecified atom stereocenters. The summed E-state index contributed by atoms with van der Waals surface area (Å²) in [7, 11) is 2.84. The van der Waals surface area contributed by atoms with E-state index in [1.54, 1.807) is 19.1 Å². The first-order chi connectivity index (χ1) is 16.7. The molecule has 2 heterocycles. The number of aromatic nitrogens is 1. The number of methoxy groups -OCH3 is 2. The van der Waals surface area contributed by atoms with Crippen molar-refractivity contribution in [3.05, 3.63) is 70.0 Å². The van der Waals surface area contributed by atoms with Crippen molar-refractivity contribution < 1.29 is 28.6 Å². The molecule has 5 rings (SSSR count). The molecular formula is C26H21ClN2O6. The van der Waals surface area contributed by atoms with Crippen LogP contribution < -0.4 is 19.9 Å². The molecule has 0 saturated heterocycles. The van der Waals surface area contributed by atoms with Gasteiger partial charge in [0.1, 0.15) is 27.8 Å². The number of halogens is 1.